The summed E-state index contributed by atoms with van der Waals surface area (Å²) in [6.45, 7) is 2.23. The minimum Gasteiger partial charge on any atom is -0.299 e. The molecule has 0 aliphatic heterocycles. The SMILES string of the molecule is CC1CC2(CCC2=O)C1. The van der Waals surface area contributed by atoms with E-state index in [0.29, 0.717) is 5.78 Å². The predicted molar refractivity (Wildman–Crippen MR) is 35.1 cm³/mol. The highest BCUT2D eigenvalue weighted by molar-refractivity contribution is 5.91. The van der Waals surface area contributed by atoms with Crippen LogP contribution < -0.4 is 0 Å². The van der Waals surface area contributed by atoms with Gasteiger partial charge in [-0.25, -0.2) is 0 Å². The fraction of sp³-hybridized carbons (Fsp3) is 0.875. The summed E-state index contributed by atoms with van der Waals surface area (Å²) >= 11 is 0. The lowest BCUT2D eigenvalue weighted by molar-refractivity contribution is -0.149. The zero-order valence-corrected chi connectivity index (χ0v) is 5.81. The molecule has 0 atom stereocenters. The fourth-order valence-corrected chi connectivity index (χ4v) is 2.29. The summed E-state index contributed by atoms with van der Waals surface area (Å²) in [5.41, 5.74) is 0.236. The number of Topliss-reactive ketones (excluding diaryl/α,β-unsaturated/α-hetero) is 1. The molecule has 50 valence electrons. The van der Waals surface area contributed by atoms with Crippen molar-refractivity contribution >= 4 is 5.78 Å². The third-order valence-electron chi connectivity index (χ3n) is 2.90. The Labute approximate surface area is 55.4 Å². The Morgan fingerprint density at radius 3 is 2.33 bits per heavy atom. The van der Waals surface area contributed by atoms with Gasteiger partial charge in [0, 0.05) is 11.8 Å². The second kappa shape index (κ2) is 1.39. The standard InChI is InChI=1S/C8H12O/c1-6-4-8(5-6)3-2-7(8)9/h6H,2-5H2,1H3. The van der Waals surface area contributed by atoms with Gasteiger partial charge in [0.2, 0.25) is 0 Å². The van der Waals surface area contributed by atoms with Crippen LogP contribution in [0, 0.1) is 11.3 Å². The van der Waals surface area contributed by atoms with Crippen molar-refractivity contribution in [1.29, 1.82) is 0 Å². The number of hydrogen-bond acceptors (Lipinski definition) is 1. The minimum atomic E-state index is 0.236. The maximum absolute atomic E-state index is 11.0. The first-order valence-corrected chi connectivity index (χ1v) is 3.76. The number of ketones is 1. The Balaban J connectivity index is 2.05. The van der Waals surface area contributed by atoms with Crippen LogP contribution in [0.2, 0.25) is 0 Å². The zero-order valence-electron chi connectivity index (χ0n) is 5.81. The fourth-order valence-electron chi connectivity index (χ4n) is 2.29. The molecule has 0 bridgehead atoms. The Morgan fingerprint density at radius 1 is 1.56 bits per heavy atom. The molecular weight excluding hydrogens is 112 g/mol. The average molecular weight is 124 g/mol. The van der Waals surface area contributed by atoms with Crippen molar-refractivity contribution in [3.05, 3.63) is 0 Å². The number of hydrogen-bond donors (Lipinski definition) is 0. The smallest absolute Gasteiger partial charge is 0.139 e. The van der Waals surface area contributed by atoms with Crippen LogP contribution in [-0.4, -0.2) is 5.78 Å². The molecule has 1 nitrogen and oxygen atoms in total. The van der Waals surface area contributed by atoms with E-state index >= 15 is 0 Å². The molecule has 0 aromatic heterocycles. The Bertz CT molecular complexity index is 154. The van der Waals surface area contributed by atoms with Gasteiger partial charge < -0.3 is 0 Å². The Hall–Kier alpha value is -0.330. The van der Waals surface area contributed by atoms with Crippen molar-refractivity contribution in [1.82, 2.24) is 0 Å². The molecule has 0 N–H and O–H groups in total. The van der Waals surface area contributed by atoms with Crippen molar-refractivity contribution in [3.8, 4) is 0 Å². The minimum absolute atomic E-state index is 0.236. The monoisotopic (exact) mass is 124 g/mol. The van der Waals surface area contributed by atoms with Gasteiger partial charge in [0.15, 0.2) is 0 Å². The van der Waals surface area contributed by atoms with Crippen molar-refractivity contribution in [3.63, 3.8) is 0 Å². The van der Waals surface area contributed by atoms with E-state index in [4.69, 9.17) is 0 Å². The first kappa shape index (κ1) is 5.45. The van der Waals surface area contributed by atoms with Gasteiger partial charge in [-0.05, 0) is 25.2 Å². The predicted octanol–water partition coefficient (Wildman–Crippen LogP) is 1.77. The van der Waals surface area contributed by atoms with Gasteiger partial charge in [-0.3, -0.25) is 4.79 Å². The molecule has 0 aromatic carbocycles. The van der Waals surface area contributed by atoms with E-state index in [1.54, 1.807) is 0 Å². The molecule has 9 heavy (non-hydrogen) atoms. The molecule has 2 aliphatic carbocycles. The highest BCUT2D eigenvalue weighted by Gasteiger charge is 2.53. The van der Waals surface area contributed by atoms with Gasteiger partial charge in [0.1, 0.15) is 5.78 Å². The van der Waals surface area contributed by atoms with Gasteiger partial charge in [0.25, 0.3) is 0 Å². The molecule has 0 saturated heterocycles. The summed E-state index contributed by atoms with van der Waals surface area (Å²) in [7, 11) is 0. The van der Waals surface area contributed by atoms with Gasteiger partial charge in [0.05, 0.1) is 0 Å². The van der Waals surface area contributed by atoms with E-state index < -0.39 is 0 Å². The van der Waals surface area contributed by atoms with E-state index in [-0.39, 0.29) is 5.41 Å². The summed E-state index contributed by atoms with van der Waals surface area (Å²) in [6, 6.07) is 0. The molecule has 0 amide bonds. The van der Waals surface area contributed by atoms with Crippen LogP contribution >= 0.6 is 0 Å². The van der Waals surface area contributed by atoms with E-state index in [1.165, 1.54) is 19.3 Å². The average Bonchev–Trinajstić information content (AvgIpc) is 1.77. The molecule has 2 aliphatic rings. The highest BCUT2D eigenvalue weighted by atomic mass is 16.1. The summed E-state index contributed by atoms with van der Waals surface area (Å²) < 4.78 is 0. The molecule has 1 heteroatoms. The van der Waals surface area contributed by atoms with Gasteiger partial charge in [-0.15, -0.1) is 0 Å². The molecule has 0 heterocycles. The highest BCUT2D eigenvalue weighted by Crippen LogP contribution is 2.55. The van der Waals surface area contributed by atoms with E-state index in [0.717, 1.165) is 12.3 Å². The Morgan fingerprint density at radius 2 is 2.22 bits per heavy atom. The third-order valence-corrected chi connectivity index (χ3v) is 2.90. The van der Waals surface area contributed by atoms with Gasteiger partial charge >= 0.3 is 0 Å². The molecule has 0 radical (unpaired) electrons. The summed E-state index contributed by atoms with van der Waals surface area (Å²) in [6.07, 6.45) is 4.43. The molecule has 1 spiro atoms. The number of rotatable bonds is 0. The molecule has 0 unspecified atom stereocenters. The van der Waals surface area contributed by atoms with Crippen LogP contribution in [0.25, 0.3) is 0 Å². The van der Waals surface area contributed by atoms with Crippen LogP contribution in [-0.2, 0) is 4.79 Å². The van der Waals surface area contributed by atoms with Crippen molar-refractivity contribution in [2.75, 3.05) is 0 Å². The van der Waals surface area contributed by atoms with Gasteiger partial charge in [-0.1, -0.05) is 6.92 Å². The molecule has 2 rings (SSSR count). The van der Waals surface area contributed by atoms with Crippen molar-refractivity contribution in [2.24, 2.45) is 11.3 Å². The van der Waals surface area contributed by atoms with Crippen LogP contribution in [0.1, 0.15) is 32.6 Å². The Kier molecular flexibility index (Phi) is 0.842. The van der Waals surface area contributed by atoms with Crippen LogP contribution in [0.15, 0.2) is 0 Å². The van der Waals surface area contributed by atoms with E-state index in [9.17, 15) is 4.79 Å². The molecule has 0 aromatic rings. The lowest BCUT2D eigenvalue weighted by Crippen LogP contribution is -2.49. The van der Waals surface area contributed by atoms with Gasteiger partial charge in [-0.2, -0.15) is 0 Å². The second-order valence-electron chi connectivity index (χ2n) is 3.72. The number of carbonyl (C=O) groups is 1. The summed E-state index contributed by atoms with van der Waals surface area (Å²) in [5, 5.41) is 0. The number of carbonyl (C=O) groups excluding carboxylic acids is 1. The molecule has 2 saturated carbocycles. The maximum Gasteiger partial charge on any atom is 0.139 e. The first-order chi connectivity index (χ1) is 4.23. The van der Waals surface area contributed by atoms with E-state index in [1.807, 2.05) is 0 Å². The lowest BCUT2D eigenvalue weighted by Gasteiger charge is -2.51. The lowest BCUT2D eigenvalue weighted by atomic mass is 9.51. The first-order valence-electron chi connectivity index (χ1n) is 3.76. The van der Waals surface area contributed by atoms with Crippen LogP contribution in [0.3, 0.4) is 0 Å². The van der Waals surface area contributed by atoms with Crippen molar-refractivity contribution in [2.45, 2.75) is 32.6 Å². The molecular formula is C8H12O. The largest absolute Gasteiger partial charge is 0.299 e. The van der Waals surface area contributed by atoms with E-state index in [2.05, 4.69) is 6.92 Å². The normalized spacial score (nSPS) is 48.6. The maximum atomic E-state index is 11.0. The quantitative estimate of drug-likeness (QED) is 0.481. The van der Waals surface area contributed by atoms with Crippen LogP contribution in [0.4, 0.5) is 0 Å². The zero-order chi connectivity index (χ0) is 6.48. The van der Waals surface area contributed by atoms with Crippen LogP contribution in [0.5, 0.6) is 0 Å². The third kappa shape index (κ3) is 0.525. The summed E-state index contributed by atoms with van der Waals surface area (Å²) in [5.74, 6) is 1.37. The van der Waals surface area contributed by atoms with Crippen molar-refractivity contribution < 1.29 is 4.79 Å². The summed E-state index contributed by atoms with van der Waals surface area (Å²) in [4.78, 5) is 11.0. The second-order valence-corrected chi connectivity index (χ2v) is 3.72. The topological polar surface area (TPSA) is 17.1 Å². The molecule has 2 fully saturated rings.